The van der Waals surface area contributed by atoms with Crippen LogP contribution in [-0.2, 0) is 0 Å². The van der Waals surface area contributed by atoms with E-state index in [9.17, 15) is 0 Å². The first-order valence-electron chi connectivity index (χ1n) is 5.43. The van der Waals surface area contributed by atoms with Crippen molar-refractivity contribution in [2.45, 2.75) is 19.9 Å². The maximum atomic E-state index is 5.93. The van der Waals surface area contributed by atoms with Gasteiger partial charge in [0.25, 0.3) is 0 Å². The number of anilines is 2. The second-order valence-electron chi connectivity index (χ2n) is 4.14. The number of nitrogen functional groups attached to an aromatic ring is 1. The van der Waals surface area contributed by atoms with Crippen LogP contribution in [0.1, 0.15) is 23.4 Å². The number of nitrogens with two attached hydrogens (primary N) is 1. The molecule has 0 fully saturated rings. The number of hydrogen-bond donors (Lipinski definition) is 2. The zero-order chi connectivity index (χ0) is 12.4. The van der Waals surface area contributed by atoms with Crippen molar-refractivity contribution >= 4 is 34.3 Å². The van der Waals surface area contributed by atoms with Crippen LogP contribution in [0.5, 0.6) is 0 Å². The molecule has 1 aromatic carbocycles. The molecule has 2 aromatic rings. The van der Waals surface area contributed by atoms with E-state index >= 15 is 0 Å². The summed E-state index contributed by atoms with van der Waals surface area (Å²) in [5, 5.41) is 3.42. The van der Waals surface area contributed by atoms with Gasteiger partial charge in [0.1, 0.15) is 0 Å². The lowest BCUT2D eigenvalue weighted by Gasteiger charge is -2.14. The van der Waals surface area contributed by atoms with Crippen LogP contribution in [0.3, 0.4) is 0 Å². The van der Waals surface area contributed by atoms with Crippen molar-refractivity contribution in [3.05, 3.63) is 45.1 Å². The van der Waals surface area contributed by atoms with Gasteiger partial charge in [-0.25, -0.2) is 0 Å². The maximum absolute atomic E-state index is 5.93. The fourth-order valence-electron chi connectivity index (χ4n) is 1.78. The van der Waals surface area contributed by atoms with Crippen molar-refractivity contribution < 1.29 is 0 Å². The van der Waals surface area contributed by atoms with Crippen LogP contribution < -0.4 is 11.1 Å². The molecule has 0 radical (unpaired) electrons. The van der Waals surface area contributed by atoms with Crippen molar-refractivity contribution in [3.63, 3.8) is 0 Å². The highest BCUT2D eigenvalue weighted by atomic mass is 35.5. The molecule has 4 heteroatoms. The summed E-state index contributed by atoms with van der Waals surface area (Å²) < 4.78 is 0.817. The van der Waals surface area contributed by atoms with Crippen molar-refractivity contribution in [1.82, 2.24) is 0 Å². The van der Waals surface area contributed by atoms with Crippen LogP contribution in [0.15, 0.2) is 30.3 Å². The molecule has 2 rings (SSSR count). The van der Waals surface area contributed by atoms with Gasteiger partial charge in [-0.2, -0.15) is 0 Å². The molecule has 1 atom stereocenters. The van der Waals surface area contributed by atoms with Gasteiger partial charge in [-0.15, -0.1) is 11.3 Å². The third-order valence-corrected chi connectivity index (χ3v) is 3.92. The van der Waals surface area contributed by atoms with Gasteiger partial charge in [-0.1, -0.05) is 11.6 Å². The Hall–Kier alpha value is -1.19. The number of benzene rings is 1. The molecule has 0 aliphatic heterocycles. The van der Waals surface area contributed by atoms with Gasteiger partial charge in [0.15, 0.2) is 0 Å². The van der Waals surface area contributed by atoms with Gasteiger partial charge in [0.2, 0.25) is 0 Å². The van der Waals surface area contributed by atoms with Crippen LogP contribution in [-0.4, -0.2) is 0 Å². The van der Waals surface area contributed by atoms with Crippen molar-refractivity contribution in [2.24, 2.45) is 0 Å². The van der Waals surface area contributed by atoms with Crippen LogP contribution in [0.2, 0.25) is 4.34 Å². The zero-order valence-corrected chi connectivity index (χ0v) is 11.4. The molecule has 17 heavy (non-hydrogen) atoms. The first-order chi connectivity index (χ1) is 8.04. The summed E-state index contributed by atoms with van der Waals surface area (Å²) in [6.07, 6.45) is 0. The molecule has 0 aliphatic rings. The minimum absolute atomic E-state index is 0.230. The molecule has 2 nitrogen and oxygen atoms in total. The molecule has 0 spiro atoms. The Morgan fingerprint density at radius 2 is 2.06 bits per heavy atom. The third kappa shape index (κ3) is 3.14. The second-order valence-corrected chi connectivity index (χ2v) is 5.89. The molecule has 1 aromatic heterocycles. The fraction of sp³-hybridized carbons (Fsp3) is 0.231. The molecule has 0 aliphatic carbocycles. The first kappa shape index (κ1) is 12.3. The Morgan fingerprint density at radius 1 is 1.29 bits per heavy atom. The summed E-state index contributed by atoms with van der Waals surface area (Å²) in [5.41, 5.74) is 8.80. The van der Waals surface area contributed by atoms with E-state index in [1.807, 2.05) is 31.2 Å². The first-order valence-corrected chi connectivity index (χ1v) is 6.63. The van der Waals surface area contributed by atoms with E-state index in [-0.39, 0.29) is 6.04 Å². The predicted octanol–water partition coefficient (Wildman–Crippen LogP) is 4.47. The number of thiophene rings is 1. The van der Waals surface area contributed by atoms with Crippen LogP contribution in [0, 0.1) is 6.92 Å². The predicted molar refractivity (Wildman–Crippen MR) is 77.0 cm³/mol. The van der Waals surface area contributed by atoms with Gasteiger partial charge in [-0.3, -0.25) is 0 Å². The number of halogens is 1. The van der Waals surface area contributed by atoms with Gasteiger partial charge in [-0.05, 0) is 49.7 Å². The summed E-state index contributed by atoms with van der Waals surface area (Å²) in [6.45, 7) is 4.15. The summed E-state index contributed by atoms with van der Waals surface area (Å²) in [5.74, 6) is 0. The maximum Gasteiger partial charge on any atom is 0.0932 e. The van der Waals surface area contributed by atoms with E-state index in [1.54, 1.807) is 11.3 Å². The summed E-state index contributed by atoms with van der Waals surface area (Å²) in [6, 6.07) is 10.2. The second kappa shape index (κ2) is 4.98. The number of rotatable bonds is 3. The third-order valence-electron chi connectivity index (χ3n) is 2.50. The monoisotopic (exact) mass is 266 g/mol. The van der Waals surface area contributed by atoms with E-state index < -0.39 is 0 Å². The van der Waals surface area contributed by atoms with Crippen LogP contribution in [0.25, 0.3) is 0 Å². The molecule has 0 saturated heterocycles. The molecule has 1 unspecified atom stereocenters. The van der Waals surface area contributed by atoms with Gasteiger partial charge < -0.3 is 11.1 Å². The van der Waals surface area contributed by atoms with E-state index in [1.165, 1.54) is 4.88 Å². The highest BCUT2D eigenvalue weighted by Gasteiger charge is 2.08. The minimum Gasteiger partial charge on any atom is -0.399 e. The lowest BCUT2D eigenvalue weighted by atomic mass is 10.1. The molecule has 90 valence electrons. The Kier molecular flexibility index (Phi) is 3.60. The molecule has 0 saturated carbocycles. The Morgan fingerprint density at radius 3 is 2.65 bits per heavy atom. The Labute approximate surface area is 110 Å². The molecule has 0 amide bonds. The molecular weight excluding hydrogens is 252 g/mol. The highest BCUT2D eigenvalue weighted by molar-refractivity contribution is 7.16. The molecule has 0 bridgehead atoms. The van der Waals surface area contributed by atoms with Crippen molar-refractivity contribution in [2.75, 3.05) is 11.1 Å². The average Bonchev–Trinajstić information content (AvgIpc) is 2.63. The number of aryl methyl sites for hydroxylation is 1. The lowest BCUT2D eigenvalue weighted by Crippen LogP contribution is -2.05. The van der Waals surface area contributed by atoms with E-state index in [0.717, 1.165) is 21.3 Å². The van der Waals surface area contributed by atoms with Gasteiger partial charge >= 0.3 is 0 Å². The van der Waals surface area contributed by atoms with Gasteiger partial charge in [0.05, 0.1) is 10.4 Å². The fourth-order valence-corrected chi connectivity index (χ4v) is 2.84. The molecule has 1 heterocycles. The summed E-state index contributed by atoms with van der Waals surface area (Å²) >= 11 is 7.52. The Bertz CT molecular complexity index is 502. The summed E-state index contributed by atoms with van der Waals surface area (Å²) in [4.78, 5) is 1.22. The summed E-state index contributed by atoms with van der Waals surface area (Å²) in [7, 11) is 0. The molecular formula is C13H15ClN2S. The minimum atomic E-state index is 0.230. The van der Waals surface area contributed by atoms with Crippen molar-refractivity contribution in [3.8, 4) is 0 Å². The Balaban J connectivity index is 2.15. The van der Waals surface area contributed by atoms with E-state index in [2.05, 4.69) is 18.3 Å². The zero-order valence-electron chi connectivity index (χ0n) is 9.83. The van der Waals surface area contributed by atoms with E-state index in [0.29, 0.717) is 0 Å². The van der Waals surface area contributed by atoms with Crippen LogP contribution in [0.4, 0.5) is 11.4 Å². The highest BCUT2D eigenvalue weighted by Crippen LogP contribution is 2.29. The molecule has 3 N–H and O–H groups in total. The normalized spacial score (nSPS) is 12.4. The van der Waals surface area contributed by atoms with Crippen molar-refractivity contribution in [1.29, 1.82) is 0 Å². The average molecular weight is 267 g/mol. The quantitative estimate of drug-likeness (QED) is 0.805. The topological polar surface area (TPSA) is 38.0 Å². The number of nitrogens with one attached hydrogen (secondary N) is 1. The SMILES string of the molecule is Cc1cc(N)cc(NC(C)c2ccc(Cl)s2)c1. The van der Waals surface area contributed by atoms with E-state index in [4.69, 9.17) is 17.3 Å². The lowest BCUT2D eigenvalue weighted by molar-refractivity contribution is 0.908. The standard InChI is InChI=1S/C13H15ClN2S/c1-8-5-10(15)7-11(6-8)16-9(2)12-3-4-13(14)17-12/h3-7,9,16H,15H2,1-2H3. The van der Waals surface area contributed by atoms with Gasteiger partial charge in [0, 0.05) is 16.3 Å². The smallest absolute Gasteiger partial charge is 0.0932 e. The van der Waals surface area contributed by atoms with Crippen LogP contribution >= 0.6 is 22.9 Å². The number of hydrogen-bond acceptors (Lipinski definition) is 3. The largest absolute Gasteiger partial charge is 0.399 e.